The number of aliphatic carboxylic acids is 1. The van der Waals surface area contributed by atoms with Crippen LogP contribution in [0.2, 0.25) is 0 Å². The summed E-state index contributed by atoms with van der Waals surface area (Å²) in [5.41, 5.74) is -0.133. The van der Waals surface area contributed by atoms with Gasteiger partial charge in [-0.1, -0.05) is 26.0 Å². The SMILES string of the molecule is CC(C)C(C)NS(=O)(=O)c1ccc(C2(C(=O)O)CC2)cc1. The largest absolute Gasteiger partial charge is 0.481 e. The van der Waals surface area contributed by atoms with Gasteiger partial charge in [0.05, 0.1) is 10.3 Å². The fourth-order valence-electron chi connectivity index (χ4n) is 2.15. The first-order valence-corrected chi connectivity index (χ1v) is 8.54. The van der Waals surface area contributed by atoms with Crippen LogP contribution in [0.4, 0.5) is 0 Å². The molecule has 0 amide bonds. The van der Waals surface area contributed by atoms with Gasteiger partial charge >= 0.3 is 5.97 Å². The molecule has 1 fully saturated rings. The molecule has 0 radical (unpaired) electrons. The molecule has 6 heteroatoms. The number of carboxylic acid groups (broad SMARTS) is 1. The molecule has 0 spiro atoms. The fourth-order valence-corrected chi connectivity index (χ4v) is 3.55. The molecule has 116 valence electrons. The third-order valence-corrected chi connectivity index (χ3v) is 5.79. The number of carboxylic acids is 1. The van der Waals surface area contributed by atoms with Crippen molar-refractivity contribution in [3.63, 3.8) is 0 Å². The summed E-state index contributed by atoms with van der Waals surface area (Å²) >= 11 is 0. The molecular weight excluding hydrogens is 290 g/mol. The van der Waals surface area contributed by atoms with Gasteiger partial charge in [-0.3, -0.25) is 4.79 Å². The van der Waals surface area contributed by atoms with Crippen LogP contribution in [0.3, 0.4) is 0 Å². The smallest absolute Gasteiger partial charge is 0.314 e. The molecule has 0 bridgehead atoms. The summed E-state index contributed by atoms with van der Waals surface area (Å²) in [6.07, 6.45) is 1.22. The average Bonchev–Trinajstić information content (AvgIpc) is 3.19. The summed E-state index contributed by atoms with van der Waals surface area (Å²) < 4.78 is 27.1. The molecule has 0 heterocycles. The Morgan fingerprint density at radius 1 is 1.19 bits per heavy atom. The van der Waals surface area contributed by atoms with Gasteiger partial charge in [-0.25, -0.2) is 13.1 Å². The van der Waals surface area contributed by atoms with E-state index in [4.69, 9.17) is 0 Å². The first kappa shape index (κ1) is 16.0. The van der Waals surface area contributed by atoms with Gasteiger partial charge in [0.15, 0.2) is 0 Å². The first-order chi connectivity index (χ1) is 9.69. The molecule has 1 atom stereocenters. The zero-order valence-electron chi connectivity index (χ0n) is 12.5. The quantitative estimate of drug-likeness (QED) is 0.843. The summed E-state index contributed by atoms with van der Waals surface area (Å²) in [6.45, 7) is 5.71. The van der Waals surface area contributed by atoms with Gasteiger partial charge in [0.1, 0.15) is 0 Å². The minimum atomic E-state index is -3.56. The van der Waals surface area contributed by atoms with E-state index in [9.17, 15) is 18.3 Å². The van der Waals surface area contributed by atoms with E-state index in [0.717, 1.165) is 0 Å². The molecular formula is C15H21NO4S. The summed E-state index contributed by atoms with van der Waals surface area (Å²) in [5.74, 6) is -0.648. The predicted octanol–water partition coefficient (Wildman–Crippen LogP) is 2.13. The minimum Gasteiger partial charge on any atom is -0.481 e. The van der Waals surface area contributed by atoms with Crippen molar-refractivity contribution in [2.75, 3.05) is 0 Å². The highest BCUT2D eigenvalue weighted by molar-refractivity contribution is 7.89. The number of rotatable bonds is 6. The van der Waals surface area contributed by atoms with Gasteiger partial charge in [-0.15, -0.1) is 0 Å². The lowest BCUT2D eigenvalue weighted by Crippen LogP contribution is -2.36. The molecule has 21 heavy (non-hydrogen) atoms. The fraction of sp³-hybridized carbons (Fsp3) is 0.533. The second kappa shape index (κ2) is 5.42. The van der Waals surface area contributed by atoms with Crippen LogP contribution in [0.15, 0.2) is 29.2 Å². The highest BCUT2D eigenvalue weighted by Crippen LogP contribution is 2.48. The van der Waals surface area contributed by atoms with Gasteiger partial charge in [-0.05, 0) is 43.4 Å². The number of sulfonamides is 1. The normalized spacial score (nSPS) is 18.5. The highest BCUT2D eigenvalue weighted by atomic mass is 32.2. The van der Waals surface area contributed by atoms with E-state index in [1.807, 2.05) is 20.8 Å². The Bertz CT molecular complexity index is 630. The maximum atomic E-state index is 12.2. The number of hydrogen-bond donors (Lipinski definition) is 2. The summed E-state index contributed by atoms with van der Waals surface area (Å²) in [4.78, 5) is 11.4. The van der Waals surface area contributed by atoms with E-state index in [-0.39, 0.29) is 16.9 Å². The Kier molecular flexibility index (Phi) is 4.13. The van der Waals surface area contributed by atoms with Crippen molar-refractivity contribution in [2.24, 2.45) is 5.92 Å². The zero-order valence-corrected chi connectivity index (χ0v) is 13.3. The monoisotopic (exact) mass is 311 g/mol. The topological polar surface area (TPSA) is 83.5 Å². The van der Waals surface area contributed by atoms with Crippen LogP contribution >= 0.6 is 0 Å². The van der Waals surface area contributed by atoms with Crippen LogP contribution in [-0.2, 0) is 20.2 Å². The van der Waals surface area contributed by atoms with Crippen LogP contribution < -0.4 is 4.72 Å². The van der Waals surface area contributed by atoms with E-state index in [1.165, 1.54) is 12.1 Å². The predicted molar refractivity (Wildman–Crippen MR) is 79.6 cm³/mol. The number of hydrogen-bond acceptors (Lipinski definition) is 3. The van der Waals surface area contributed by atoms with E-state index < -0.39 is 21.4 Å². The Morgan fingerprint density at radius 3 is 2.10 bits per heavy atom. The van der Waals surface area contributed by atoms with Crippen molar-refractivity contribution in [3.8, 4) is 0 Å². The van der Waals surface area contributed by atoms with Crippen molar-refractivity contribution in [1.29, 1.82) is 0 Å². The molecule has 2 N–H and O–H groups in total. The number of nitrogens with one attached hydrogen (secondary N) is 1. The Hall–Kier alpha value is -1.40. The van der Waals surface area contributed by atoms with Gasteiger partial charge in [0.25, 0.3) is 0 Å². The number of carbonyl (C=O) groups is 1. The third-order valence-electron chi connectivity index (χ3n) is 4.22. The van der Waals surface area contributed by atoms with Crippen molar-refractivity contribution >= 4 is 16.0 Å². The van der Waals surface area contributed by atoms with Crippen LogP contribution in [-0.4, -0.2) is 25.5 Å². The van der Waals surface area contributed by atoms with E-state index >= 15 is 0 Å². The van der Waals surface area contributed by atoms with Crippen molar-refractivity contribution in [1.82, 2.24) is 4.72 Å². The Balaban J connectivity index is 2.21. The standard InChI is InChI=1S/C15H21NO4S/c1-10(2)11(3)16-21(19,20)13-6-4-12(5-7-13)15(8-9-15)14(17)18/h4-7,10-11,16H,8-9H2,1-3H3,(H,17,18). The molecule has 5 nitrogen and oxygen atoms in total. The van der Waals surface area contributed by atoms with Crippen molar-refractivity contribution < 1.29 is 18.3 Å². The van der Waals surface area contributed by atoms with Crippen LogP contribution in [0.5, 0.6) is 0 Å². The highest BCUT2D eigenvalue weighted by Gasteiger charge is 2.51. The Labute approximate surface area is 125 Å². The maximum Gasteiger partial charge on any atom is 0.314 e. The summed E-state index contributed by atoms with van der Waals surface area (Å²) in [7, 11) is -3.56. The van der Waals surface area contributed by atoms with E-state index in [1.54, 1.807) is 12.1 Å². The van der Waals surface area contributed by atoms with E-state index in [2.05, 4.69) is 4.72 Å². The zero-order chi connectivity index (χ0) is 15.8. The van der Waals surface area contributed by atoms with Crippen molar-refractivity contribution in [2.45, 2.75) is 50.0 Å². The molecule has 1 saturated carbocycles. The lowest BCUT2D eigenvalue weighted by atomic mass is 9.96. The first-order valence-electron chi connectivity index (χ1n) is 7.05. The van der Waals surface area contributed by atoms with Crippen LogP contribution in [0.25, 0.3) is 0 Å². The van der Waals surface area contributed by atoms with Crippen LogP contribution in [0, 0.1) is 5.92 Å². The molecule has 1 aliphatic rings. The summed E-state index contributed by atoms with van der Waals surface area (Å²) in [5, 5.41) is 9.24. The second-order valence-corrected chi connectivity index (χ2v) is 7.78. The number of benzene rings is 1. The molecule has 1 aromatic rings. The Morgan fingerprint density at radius 2 is 1.71 bits per heavy atom. The average molecular weight is 311 g/mol. The van der Waals surface area contributed by atoms with Gasteiger partial charge in [0.2, 0.25) is 10.0 Å². The molecule has 1 aromatic carbocycles. The minimum absolute atomic E-state index is 0.163. The molecule has 0 saturated heterocycles. The lowest BCUT2D eigenvalue weighted by molar-refractivity contribution is -0.140. The molecule has 1 unspecified atom stereocenters. The van der Waals surface area contributed by atoms with Gasteiger partial charge < -0.3 is 5.11 Å². The summed E-state index contributed by atoms with van der Waals surface area (Å²) in [6, 6.07) is 6.01. The molecule has 2 rings (SSSR count). The lowest BCUT2D eigenvalue weighted by Gasteiger charge is -2.18. The van der Waals surface area contributed by atoms with Crippen LogP contribution in [0.1, 0.15) is 39.2 Å². The maximum absolute atomic E-state index is 12.2. The van der Waals surface area contributed by atoms with Gasteiger partial charge in [-0.2, -0.15) is 0 Å². The second-order valence-electron chi connectivity index (χ2n) is 6.07. The van der Waals surface area contributed by atoms with Crippen molar-refractivity contribution in [3.05, 3.63) is 29.8 Å². The van der Waals surface area contributed by atoms with E-state index in [0.29, 0.717) is 18.4 Å². The molecule has 0 aromatic heterocycles. The molecule has 0 aliphatic heterocycles. The van der Waals surface area contributed by atoms with Gasteiger partial charge in [0, 0.05) is 6.04 Å². The molecule has 1 aliphatic carbocycles. The third kappa shape index (κ3) is 3.11.